The minimum absolute atomic E-state index is 0.109. The summed E-state index contributed by atoms with van der Waals surface area (Å²) in [4.78, 5) is 29.1. The molecule has 2 aromatic carbocycles. The van der Waals surface area contributed by atoms with E-state index in [4.69, 9.17) is 4.74 Å². The van der Waals surface area contributed by atoms with Gasteiger partial charge in [-0.25, -0.2) is 13.8 Å². The number of nitrogens with zero attached hydrogens (tertiary/aromatic N) is 2. The van der Waals surface area contributed by atoms with E-state index in [1.165, 1.54) is 18.2 Å². The van der Waals surface area contributed by atoms with Crippen LogP contribution in [0.5, 0.6) is 5.75 Å². The third-order valence-corrected chi connectivity index (χ3v) is 6.29. The second-order valence-corrected chi connectivity index (χ2v) is 8.81. The van der Waals surface area contributed by atoms with Crippen molar-refractivity contribution in [2.75, 3.05) is 18.5 Å². The lowest BCUT2D eigenvalue weighted by Gasteiger charge is -2.30. The minimum Gasteiger partial charge on any atom is -0.493 e. The zero-order valence-corrected chi connectivity index (χ0v) is 18.9. The third-order valence-electron chi connectivity index (χ3n) is 5.54. The Morgan fingerprint density at radius 3 is 2.88 bits per heavy atom. The number of nitrogens with one attached hydrogen (secondary N) is 2. The van der Waals surface area contributed by atoms with Gasteiger partial charge in [-0.3, -0.25) is 9.59 Å². The first-order chi connectivity index (χ1) is 16.3. The summed E-state index contributed by atoms with van der Waals surface area (Å²) in [5, 5.41) is 16.6. The van der Waals surface area contributed by atoms with Crippen LogP contribution >= 0.6 is 11.3 Å². The molecule has 2 N–H and O–H groups in total. The molecule has 10 heteroatoms. The lowest BCUT2D eigenvalue weighted by atomic mass is 9.78. The van der Waals surface area contributed by atoms with Gasteiger partial charge >= 0.3 is 0 Å². The Kier molecular flexibility index (Phi) is 6.56. The summed E-state index contributed by atoms with van der Waals surface area (Å²) < 4.78 is 31.4. The van der Waals surface area contributed by atoms with Gasteiger partial charge in [-0.15, -0.1) is 11.3 Å². The number of fused-ring (bicyclic) bond motifs is 1. The van der Waals surface area contributed by atoms with Crippen molar-refractivity contribution in [1.82, 2.24) is 10.3 Å². The van der Waals surface area contributed by atoms with Crippen molar-refractivity contribution in [3.63, 3.8) is 0 Å². The van der Waals surface area contributed by atoms with E-state index in [9.17, 15) is 23.6 Å². The number of aromatic nitrogens is 1. The fourth-order valence-corrected chi connectivity index (χ4v) is 4.30. The van der Waals surface area contributed by atoms with Crippen LogP contribution in [0.15, 0.2) is 47.8 Å². The molecule has 34 heavy (non-hydrogen) atoms. The molecule has 2 heterocycles. The zero-order valence-electron chi connectivity index (χ0n) is 18.1. The number of carbonyl (C=O) groups excluding carboxylic acids is 2. The van der Waals surface area contributed by atoms with Crippen molar-refractivity contribution >= 4 is 28.3 Å². The molecular weight excluding hydrogens is 462 g/mol. The topological polar surface area (TPSA) is 104 Å². The maximum atomic E-state index is 12.9. The average Bonchev–Trinajstić information content (AvgIpc) is 3.31. The highest BCUT2D eigenvalue weighted by molar-refractivity contribution is 7.14. The number of rotatable bonds is 6. The van der Waals surface area contributed by atoms with Crippen LogP contribution in [0.1, 0.15) is 41.3 Å². The lowest BCUT2D eigenvalue weighted by Crippen LogP contribution is -2.33. The van der Waals surface area contributed by atoms with Crippen LogP contribution in [-0.2, 0) is 10.2 Å². The van der Waals surface area contributed by atoms with Gasteiger partial charge < -0.3 is 15.4 Å². The van der Waals surface area contributed by atoms with Gasteiger partial charge in [-0.2, -0.15) is 5.26 Å². The van der Waals surface area contributed by atoms with Gasteiger partial charge in [0, 0.05) is 34.1 Å². The summed E-state index contributed by atoms with van der Waals surface area (Å²) in [6, 6.07) is 13.0. The fourth-order valence-electron chi connectivity index (χ4n) is 3.57. The number of halogens is 2. The molecule has 0 spiro atoms. The molecule has 3 aromatic rings. The SMILES string of the molecule is C[C@@]1(C#N)CCOc2ccc(C(=O)NCC(=O)Nc3nc(-c4cccc(C(F)F)c4)cs3)cc21. The molecule has 1 aliphatic heterocycles. The Labute approximate surface area is 198 Å². The molecule has 0 saturated heterocycles. The summed E-state index contributed by atoms with van der Waals surface area (Å²) >= 11 is 1.15. The Balaban J connectivity index is 1.37. The maximum Gasteiger partial charge on any atom is 0.263 e. The number of benzene rings is 2. The highest BCUT2D eigenvalue weighted by Crippen LogP contribution is 2.38. The third kappa shape index (κ3) is 4.89. The van der Waals surface area contributed by atoms with E-state index in [0.717, 1.165) is 11.3 Å². The number of ether oxygens (including phenoxy) is 1. The van der Waals surface area contributed by atoms with Crippen molar-refractivity contribution in [2.45, 2.75) is 25.2 Å². The second-order valence-electron chi connectivity index (χ2n) is 7.95. The molecule has 0 unspecified atom stereocenters. The molecule has 1 aliphatic rings. The zero-order chi connectivity index (χ0) is 24.3. The Bertz CT molecular complexity index is 1290. The largest absolute Gasteiger partial charge is 0.493 e. The van der Waals surface area contributed by atoms with Crippen LogP contribution in [0, 0.1) is 11.3 Å². The summed E-state index contributed by atoms with van der Waals surface area (Å²) in [6.45, 7) is 1.94. The van der Waals surface area contributed by atoms with Crippen LogP contribution in [0.2, 0.25) is 0 Å². The summed E-state index contributed by atoms with van der Waals surface area (Å²) in [5.41, 5.74) is 1.08. The predicted molar refractivity (Wildman–Crippen MR) is 123 cm³/mol. The van der Waals surface area contributed by atoms with Gasteiger partial charge in [0.2, 0.25) is 5.91 Å². The van der Waals surface area contributed by atoms with E-state index in [1.807, 2.05) is 0 Å². The highest BCUT2D eigenvalue weighted by Gasteiger charge is 2.34. The van der Waals surface area contributed by atoms with E-state index in [2.05, 4.69) is 21.7 Å². The number of alkyl halides is 2. The molecule has 2 amide bonds. The summed E-state index contributed by atoms with van der Waals surface area (Å²) in [7, 11) is 0. The van der Waals surface area contributed by atoms with Crippen molar-refractivity contribution in [1.29, 1.82) is 5.26 Å². The molecule has 4 rings (SSSR count). The van der Waals surface area contributed by atoms with Gasteiger partial charge in [-0.1, -0.05) is 18.2 Å². The van der Waals surface area contributed by atoms with Crippen LogP contribution in [0.4, 0.5) is 13.9 Å². The number of anilines is 1. The molecular formula is C24H20F2N4O3S. The molecule has 0 fully saturated rings. The van der Waals surface area contributed by atoms with Gasteiger partial charge in [0.15, 0.2) is 5.13 Å². The number of amides is 2. The monoisotopic (exact) mass is 482 g/mol. The van der Waals surface area contributed by atoms with Gasteiger partial charge in [0.1, 0.15) is 5.75 Å². The van der Waals surface area contributed by atoms with Crippen molar-refractivity contribution in [3.8, 4) is 23.1 Å². The molecule has 0 bridgehead atoms. The number of thiazole rings is 1. The predicted octanol–water partition coefficient (Wildman–Crippen LogP) is 4.68. The van der Waals surface area contributed by atoms with Gasteiger partial charge in [-0.05, 0) is 31.2 Å². The lowest BCUT2D eigenvalue weighted by molar-refractivity contribution is -0.115. The van der Waals surface area contributed by atoms with Crippen molar-refractivity contribution < 1.29 is 23.1 Å². The fraction of sp³-hybridized carbons (Fsp3) is 0.250. The van der Waals surface area contributed by atoms with Gasteiger partial charge in [0.05, 0.1) is 30.3 Å². The molecule has 0 radical (unpaired) electrons. The minimum atomic E-state index is -2.59. The molecule has 1 atom stereocenters. The van der Waals surface area contributed by atoms with Crippen LogP contribution in [0.25, 0.3) is 11.3 Å². The van der Waals surface area contributed by atoms with E-state index in [0.29, 0.717) is 41.2 Å². The van der Waals surface area contributed by atoms with Gasteiger partial charge in [0.25, 0.3) is 12.3 Å². The summed E-state index contributed by atoms with van der Waals surface area (Å²) in [5.74, 6) is -0.380. The second kappa shape index (κ2) is 9.57. The number of carbonyl (C=O) groups is 2. The molecule has 1 aromatic heterocycles. The highest BCUT2D eigenvalue weighted by atomic mass is 32.1. The quantitative estimate of drug-likeness (QED) is 0.531. The Morgan fingerprint density at radius 1 is 1.29 bits per heavy atom. The van der Waals surface area contributed by atoms with Crippen LogP contribution in [0.3, 0.4) is 0 Å². The Hall–Kier alpha value is -3.84. The molecule has 0 saturated carbocycles. The first-order valence-corrected chi connectivity index (χ1v) is 11.3. The molecule has 174 valence electrons. The van der Waals surface area contributed by atoms with E-state index in [-0.39, 0.29) is 17.2 Å². The number of nitriles is 1. The number of hydrogen-bond donors (Lipinski definition) is 2. The van der Waals surface area contributed by atoms with Crippen molar-refractivity contribution in [3.05, 3.63) is 64.5 Å². The Morgan fingerprint density at radius 2 is 2.12 bits per heavy atom. The first kappa shape index (κ1) is 23.3. The number of hydrogen-bond acceptors (Lipinski definition) is 6. The normalized spacial score (nSPS) is 16.8. The van der Waals surface area contributed by atoms with E-state index in [1.54, 1.807) is 36.6 Å². The molecule has 7 nitrogen and oxygen atoms in total. The average molecular weight is 483 g/mol. The first-order valence-electron chi connectivity index (χ1n) is 10.4. The molecule has 0 aliphatic carbocycles. The van der Waals surface area contributed by atoms with Crippen molar-refractivity contribution in [2.24, 2.45) is 0 Å². The van der Waals surface area contributed by atoms with Crippen LogP contribution < -0.4 is 15.4 Å². The van der Waals surface area contributed by atoms with E-state index >= 15 is 0 Å². The summed E-state index contributed by atoms with van der Waals surface area (Å²) in [6.07, 6.45) is -2.07. The van der Waals surface area contributed by atoms with E-state index < -0.39 is 23.7 Å². The maximum absolute atomic E-state index is 12.9. The standard InChI is InChI=1S/C24H20F2N4O3S/c1-24(13-27)7-8-33-19-6-5-16(10-17(19)24)22(32)28-11-20(31)30-23-29-18(12-34-23)14-3-2-4-15(9-14)21(25)26/h2-6,9-10,12,21H,7-8,11H2,1H3,(H,28,32)(H,29,30,31)/t24-/m0/s1. The smallest absolute Gasteiger partial charge is 0.263 e. The van der Waals surface area contributed by atoms with Crippen LogP contribution in [-0.4, -0.2) is 29.9 Å².